The zero-order valence-corrected chi connectivity index (χ0v) is 17.1. The van der Waals surface area contributed by atoms with Crippen molar-refractivity contribution in [2.75, 3.05) is 12.4 Å². The Morgan fingerprint density at radius 2 is 1.80 bits per heavy atom. The van der Waals surface area contributed by atoms with E-state index < -0.39 is 0 Å². The van der Waals surface area contributed by atoms with Gasteiger partial charge in [-0.15, -0.1) is 0 Å². The molecule has 0 spiro atoms. The number of carbonyl (C=O) groups excluding carboxylic acids is 2. The molecule has 0 aliphatic rings. The van der Waals surface area contributed by atoms with Crippen LogP contribution in [0.5, 0.6) is 5.75 Å². The summed E-state index contributed by atoms with van der Waals surface area (Å²) in [5.74, 6) is 0.310. The van der Waals surface area contributed by atoms with Gasteiger partial charge in [-0.2, -0.15) is 0 Å². The van der Waals surface area contributed by atoms with E-state index in [0.29, 0.717) is 38.7 Å². The summed E-state index contributed by atoms with van der Waals surface area (Å²) in [4.78, 5) is 25.5. The number of rotatable bonds is 5. The van der Waals surface area contributed by atoms with Crippen LogP contribution in [0.3, 0.4) is 0 Å². The number of furan rings is 1. The highest BCUT2D eigenvalue weighted by molar-refractivity contribution is 6.34. The highest BCUT2D eigenvalue weighted by Crippen LogP contribution is 2.30. The molecular weight excluding hydrogens is 402 g/mol. The number of aryl methyl sites for hydroxylation is 1. The van der Waals surface area contributed by atoms with Gasteiger partial charge in [-0.05, 0) is 49.4 Å². The van der Waals surface area contributed by atoms with Gasteiger partial charge in [-0.3, -0.25) is 9.59 Å². The molecule has 4 rings (SSSR count). The van der Waals surface area contributed by atoms with E-state index in [2.05, 4.69) is 5.32 Å². The molecule has 0 radical (unpaired) electrons. The average Bonchev–Trinajstić information content (AvgIpc) is 3.09. The van der Waals surface area contributed by atoms with E-state index in [-0.39, 0.29) is 17.5 Å². The Kier molecular flexibility index (Phi) is 5.29. The Balaban J connectivity index is 1.66. The number of methoxy groups -OCH3 is 1. The number of fused-ring (bicyclic) bond motifs is 1. The topological polar surface area (TPSA) is 68.5 Å². The van der Waals surface area contributed by atoms with Gasteiger partial charge in [0.2, 0.25) is 5.78 Å². The number of hydrogen-bond acceptors (Lipinski definition) is 4. The van der Waals surface area contributed by atoms with Crippen molar-refractivity contribution in [2.45, 2.75) is 6.92 Å². The molecule has 0 aliphatic carbocycles. The van der Waals surface area contributed by atoms with Gasteiger partial charge in [0.05, 0.1) is 17.7 Å². The predicted molar refractivity (Wildman–Crippen MR) is 117 cm³/mol. The van der Waals surface area contributed by atoms with Crippen molar-refractivity contribution >= 4 is 39.9 Å². The maximum absolute atomic E-state index is 13.0. The lowest BCUT2D eigenvalue weighted by molar-refractivity contribution is 0.101. The SMILES string of the molecule is COc1cccc(C(=O)c2oc3ccc(NC(=O)c4ccccc4Cl)cc3c2C)c1. The molecule has 5 nitrogen and oxygen atoms in total. The van der Waals surface area contributed by atoms with Gasteiger partial charge in [0.1, 0.15) is 11.3 Å². The zero-order valence-electron chi connectivity index (χ0n) is 16.4. The molecule has 4 aromatic rings. The lowest BCUT2D eigenvalue weighted by Crippen LogP contribution is -2.12. The molecule has 1 heterocycles. The number of ether oxygens (including phenoxy) is 1. The summed E-state index contributed by atoms with van der Waals surface area (Å²) in [6.07, 6.45) is 0. The molecule has 0 saturated carbocycles. The molecular formula is C24H18ClNO4. The van der Waals surface area contributed by atoms with Gasteiger partial charge in [0, 0.05) is 22.2 Å². The quantitative estimate of drug-likeness (QED) is 0.410. The molecule has 6 heteroatoms. The molecule has 1 amide bonds. The van der Waals surface area contributed by atoms with Crippen molar-refractivity contribution < 1.29 is 18.7 Å². The zero-order chi connectivity index (χ0) is 21.3. The number of anilines is 1. The molecule has 150 valence electrons. The van der Waals surface area contributed by atoms with Crippen LogP contribution in [0.2, 0.25) is 5.02 Å². The van der Waals surface area contributed by atoms with Crippen molar-refractivity contribution in [3.63, 3.8) is 0 Å². The average molecular weight is 420 g/mol. The van der Waals surface area contributed by atoms with Crippen molar-refractivity contribution in [2.24, 2.45) is 0 Å². The van der Waals surface area contributed by atoms with E-state index in [1.54, 1.807) is 73.8 Å². The molecule has 0 aliphatic heterocycles. The Morgan fingerprint density at radius 1 is 1.00 bits per heavy atom. The molecule has 3 aromatic carbocycles. The first-order chi connectivity index (χ1) is 14.5. The number of benzene rings is 3. The summed E-state index contributed by atoms with van der Waals surface area (Å²) >= 11 is 6.10. The Morgan fingerprint density at radius 3 is 2.57 bits per heavy atom. The number of hydrogen-bond donors (Lipinski definition) is 1. The smallest absolute Gasteiger partial charge is 0.257 e. The maximum Gasteiger partial charge on any atom is 0.257 e. The second-order valence-corrected chi connectivity index (χ2v) is 7.17. The third-order valence-corrected chi connectivity index (χ3v) is 5.18. The van der Waals surface area contributed by atoms with E-state index in [1.165, 1.54) is 0 Å². The standard InChI is InChI=1S/C24H18ClNO4/c1-14-19-13-16(26-24(28)18-8-3-4-9-20(18)25)10-11-21(19)30-23(14)22(27)15-6-5-7-17(12-15)29-2/h3-13H,1-2H3,(H,26,28). The lowest BCUT2D eigenvalue weighted by Gasteiger charge is -2.06. The molecule has 0 bridgehead atoms. The highest BCUT2D eigenvalue weighted by atomic mass is 35.5. The van der Waals surface area contributed by atoms with Crippen molar-refractivity contribution in [1.29, 1.82) is 0 Å². The first-order valence-electron chi connectivity index (χ1n) is 9.25. The molecule has 1 aromatic heterocycles. The van der Waals surface area contributed by atoms with Crippen LogP contribution < -0.4 is 10.1 Å². The number of ketones is 1. The summed E-state index contributed by atoms with van der Waals surface area (Å²) in [6, 6.07) is 19.0. The van der Waals surface area contributed by atoms with E-state index in [1.807, 2.05) is 6.92 Å². The fourth-order valence-electron chi connectivity index (χ4n) is 3.25. The Hall–Kier alpha value is -3.57. The van der Waals surface area contributed by atoms with Crippen molar-refractivity contribution in [3.8, 4) is 5.75 Å². The number of amides is 1. The van der Waals surface area contributed by atoms with E-state index in [9.17, 15) is 9.59 Å². The minimum atomic E-state index is -0.311. The van der Waals surface area contributed by atoms with Gasteiger partial charge < -0.3 is 14.5 Å². The fourth-order valence-corrected chi connectivity index (χ4v) is 3.48. The summed E-state index contributed by atoms with van der Waals surface area (Å²) < 4.78 is 11.0. The van der Waals surface area contributed by atoms with Gasteiger partial charge in [0.25, 0.3) is 5.91 Å². The minimum absolute atomic E-state index is 0.232. The first-order valence-corrected chi connectivity index (χ1v) is 9.63. The number of carbonyl (C=O) groups is 2. The third-order valence-electron chi connectivity index (χ3n) is 4.85. The summed E-state index contributed by atoms with van der Waals surface area (Å²) in [5, 5.41) is 3.96. The van der Waals surface area contributed by atoms with Crippen LogP contribution in [0.25, 0.3) is 11.0 Å². The second-order valence-electron chi connectivity index (χ2n) is 6.76. The Bertz CT molecular complexity index is 1280. The largest absolute Gasteiger partial charge is 0.497 e. The van der Waals surface area contributed by atoms with E-state index in [0.717, 1.165) is 5.39 Å². The van der Waals surface area contributed by atoms with Gasteiger partial charge in [-0.25, -0.2) is 0 Å². The fraction of sp³-hybridized carbons (Fsp3) is 0.0833. The van der Waals surface area contributed by atoms with Crippen LogP contribution in [-0.4, -0.2) is 18.8 Å². The Labute approximate surface area is 178 Å². The molecule has 0 fully saturated rings. The van der Waals surface area contributed by atoms with Crippen LogP contribution in [0.4, 0.5) is 5.69 Å². The summed E-state index contributed by atoms with van der Waals surface area (Å²) in [5.41, 5.74) is 2.71. The molecule has 0 atom stereocenters. The van der Waals surface area contributed by atoms with Crippen molar-refractivity contribution in [3.05, 3.63) is 94.2 Å². The van der Waals surface area contributed by atoms with Crippen molar-refractivity contribution in [1.82, 2.24) is 0 Å². The van der Waals surface area contributed by atoms with Crippen LogP contribution in [0.1, 0.15) is 32.0 Å². The summed E-state index contributed by atoms with van der Waals surface area (Å²) in [6.45, 7) is 1.82. The van der Waals surface area contributed by atoms with Gasteiger partial charge >= 0.3 is 0 Å². The monoisotopic (exact) mass is 419 g/mol. The summed E-state index contributed by atoms with van der Waals surface area (Å²) in [7, 11) is 1.55. The first kappa shape index (κ1) is 19.7. The molecule has 30 heavy (non-hydrogen) atoms. The third kappa shape index (κ3) is 3.67. The molecule has 0 unspecified atom stereocenters. The molecule has 0 saturated heterocycles. The van der Waals surface area contributed by atoms with Crippen LogP contribution in [-0.2, 0) is 0 Å². The van der Waals surface area contributed by atoms with Gasteiger partial charge in [-0.1, -0.05) is 35.9 Å². The number of nitrogens with one attached hydrogen (secondary N) is 1. The van der Waals surface area contributed by atoms with E-state index >= 15 is 0 Å². The van der Waals surface area contributed by atoms with Crippen LogP contribution in [0, 0.1) is 6.92 Å². The maximum atomic E-state index is 13.0. The molecule has 1 N–H and O–H groups in total. The normalized spacial score (nSPS) is 10.8. The van der Waals surface area contributed by atoms with E-state index in [4.69, 9.17) is 20.8 Å². The second kappa shape index (κ2) is 8.05. The minimum Gasteiger partial charge on any atom is -0.497 e. The highest BCUT2D eigenvalue weighted by Gasteiger charge is 2.20. The van der Waals surface area contributed by atoms with Gasteiger partial charge in [0.15, 0.2) is 5.76 Å². The van der Waals surface area contributed by atoms with Crippen LogP contribution >= 0.6 is 11.6 Å². The predicted octanol–water partition coefficient (Wildman–Crippen LogP) is 5.89. The van der Waals surface area contributed by atoms with Crippen LogP contribution in [0.15, 0.2) is 71.1 Å². The number of halogens is 1. The lowest BCUT2D eigenvalue weighted by atomic mass is 10.0.